The lowest BCUT2D eigenvalue weighted by Gasteiger charge is -2.31. The Labute approximate surface area is 116 Å². The molecule has 3 nitrogen and oxygen atoms in total. The summed E-state index contributed by atoms with van der Waals surface area (Å²) in [5.41, 5.74) is 0. The molecule has 3 heteroatoms. The molecule has 0 spiro atoms. The normalized spacial score (nSPS) is 23.1. The van der Waals surface area contributed by atoms with Crippen molar-refractivity contribution in [1.82, 2.24) is 5.32 Å². The standard InChI is InChI=1S/C16H25NO2/c1-3-12-18-13-8-10-14(11-9-13)19-16-7-5-4-6-15(16)17-2/h8-11,15-17H,3-7,12H2,1-2H3. The maximum atomic E-state index is 6.10. The Morgan fingerprint density at radius 3 is 2.47 bits per heavy atom. The van der Waals surface area contributed by atoms with Gasteiger partial charge in [-0.05, 0) is 57.0 Å². The summed E-state index contributed by atoms with van der Waals surface area (Å²) in [5, 5.41) is 3.36. The highest BCUT2D eigenvalue weighted by Crippen LogP contribution is 2.25. The first-order valence-corrected chi connectivity index (χ1v) is 7.40. The molecule has 1 aromatic carbocycles. The smallest absolute Gasteiger partial charge is 0.120 e. The molecule has 1 N–H and O–H groups in total. The van der Waals surface area contributed by atoms with Crippen LogP contribution in [0.2, 0.25) is 0 Å². The van der Waals surface area contributed by atoms with E-state index >= 15 is 0 Å². The predicted octanol–water partition coefficient (Wildman–Crippen LogP) is 3.38. The summed E-state index contributed by atoms with van der Waals surface area (Å²) in [5.74, 6) is 1.86. The van der Waals surface area contributed by atoms with Crippen molar-refractivity contribution in [2.75, 3.05) is 13.7 Å². The van der Waals surface area contributed by atoms with Crippen molar-refractivity contribution in [2.24, 2.45) is 0 Å². The SMILES string of the molecule is CCCOc1ccc(OC2CCCCC2NC)cc1. The Kier molecular flexibility index (Phi) is 5.52. The first-order chi connectivity index (χ1) is 9.33. The topological polar surface area (TPSA) is 30.5 Å². The lowest BCUT2D eigenvalue weighted by atomic mass is 9.92. The third-order valence-electron chi connectivity index (χ3n) is 3.66. The molecule has 2 atom stereocenters. The van der Waals surface area contributed by atoms with E-state index in [4.69, 9.17) is 9.47 Å². The molecule has 1 aliphatic rings. The zero-order chi connectivity index (χ0) is 13.5. The van der Waals surface area contributed by atoms with Crippen molar-refractivity contribution >= 4 is 0 Å². The zero-order valence-corrected chi connectivity index (χ0v) is 12.0. The maximum Gasteiger partial charge on any atom is 0.120 e. The summed E-state index contributed by atoms with van der Waals surface area (Å²) in [6, 6.07) is 8.47. The van der Waals surface area contributed by atoms with Crippen molar-refractivity contribution in [3.8, 4) is 11.5 Å². The van der Waals surface area contributed by atoms with E-state index in [2.05, 4.69) is 12.2 Å². The number of ether oxygens (including phenoxy) is 2. The molecule has 1 fully saturated rings. The van der Waals surface area contributed by atoms with E-state index in [0.29, 0.717) is 12.1 Å². The van der Waals surface area contributed by atoms with Gasteiger partial charge < -0.3 is 14.8 Å². The average Bonchev–Trinajstić information content (AvgIpc) is 2.47. The average molecular weight is 263 g/mol. The highest BCUT2D eigenvalue weighted by atomic mass is 16.5. The fraction of sp³-hybridized carbons (Fsp3) is 0.625. The molecule has 0 bridgehead atoms. The third kappa shape index (κ3) is 4.13. The Morgan fingerprint density at radius 1 is 1.11 bits per heavy atom. The van der Waals surface area contributed by atoms with Gasteiger partial charge in [-0.3, -0.25) is 0 Å². The molecule has 0 saturated heterocycles. The van der Waals surface area contributed by atoms with Crippen LogP contribution in [0.4, 0.5) is 0 Å². The predicted molar refractivity (Wildman–Crippen MR) is 78.0 cm³/mol. The Balaban J connectivity index is 1.90. The molecule has 0 aliphatic heterocycles. The molecule has 0 radical (unpaired) electrons. The summed E-state index contributed by atoms with van der Waals surface area (Å²) < 4.78 is 11.7. The molecule has 1 aliphatic carbocycles. The lowest BCUT2D eigenvalue weighted by molar-refractivity contribution is 0.118. The van der Waals surface area contributed by atoms with Crippen molar-refractivity contribution in [1.29, 1.82) is 0 Å². The van der Waals surface area contributed by atoms with Crippen LogP contribution >= 0.6 is 0 Å². The Bertz CT molecular complexity index is 364. The molecule has 1 aromatic rings. The third-order valence-corrected chi connectivity index (χ3v) is 3.66. The van der Waals surface area contributed by atoms with Gasteiger partial charge in [-0.1, -0.05) is 13.3 Å². The molecule has 19 heavy (non-hydrogen) atoms. The highest BCUT2D eigenvalue weighted by Gasteiger charge is 2.25. The number of hydrogen-bond acceptors (Lipinski definition) is 3. The van der Waals surface area contributed by atoms with Crippen LogP contribution in [0, 0.1) is 0 Å². The van der Waals surface area contributed by atoms with Gasteiger partial charge in [0.25, 0.3) is 0 Å². The largest absolute Gasteiger partial charge is 0.494 e. The summed E-state index contributed by atoms with van der Waals surface area (Å²) in [6.45, 7) is 2.88. The van der Waals surface area contributed by atoms with Gasteiger partial charge in [0.1, 0.15) is 17.6 Å². The fourth-order valence-corrected chi connectivity index (χ4v) is 2.58. The minimum atomic E-state index is 0.293. The molecule has 106 valence electrons. The van der Waals surface area contributed by atoms with Gasteiger partial charge >= 0.3 is 0 Å². The molecular weight excluding hydrogens is 238 g/mol. The number of likely N-dealkylation sites (N-methyl/N-ethyl adjacent to an activating group) is 1. The van der Waals surface area contributed by atoms with E-state index in [-0.39, 0.29) is 0 Å². The van der Waals surface area contributed by atoms with Gasteiger partial charge in [0.15, 0.2) is 0 Å². The monoisotopic (exact) mass is 263 g/mol. The van der Waals surface area contributed by atoms with Gasteiger partial charge in [-0.2, -0.15) is 0 Å². The molecule has 2 rings (SSSR count). The van der Waals surface area contributed by atoms with E-state index < -0.39 is 0 Å². The second-order valence-electron chi connectivity index (χ2n) is 5.16. The number of rotatable bonds is 6. The molecule has 0 amide bonds. The minimum absolute atomic E-state index is 0.293. The first-order valence-electron chi connectivity index (χ1n) is 7.40. The highest BCUT2D eigenvalue weighted by molar-refractivity contribution is 5.31. The first kappa shape index (κ1) is 14.2. The quantitative estimate of drug-likeness (QED) is 0.853. The maximum absolute atomic E-state index is 6.10. The second-order valence-corrected chi connectivity index (χ2v) is 5.16. The molecular formula is C16H25NO2. The van der Waals surface area contributed by atoms with Crippen molar-refractivity contribution in [3.05, 3.63) is 24.3 Å². The van der Waals surface area contributed by atoms with Crippen LogP contribution in [0.25, 0.3) is 0 Å². The van der Waals surface area contributed by atoms with Gasteiger partial charge in [-0.25, -0.2) is 0 Å². The summed E-state index contributed by atoms with van der Waals surface area (Å²) in [7, 11) is 2.02. The van der Waals surface area contributed by atoms with Crippen LogP contribution in [-0.4, -0.2) is 25.8 Å². The van der Waals surface area contributed by atoms with Crippen molar-refractivity contribution < 1.29 is 9.47 Å². The van der Waals surface area contributed by atoms with E-state index in [1.807, 2.05) is 31.3 Å². The van der Waals surface area contributed by atoms with E-state index in [1.54, 1.807) is 0 Å². The molecule has 0 heterocycles. The van der Waals surface area contributed by atoms with E-state index in [1.165, 1.54) is 19.3 Å². The van der Waals surface area contributed by atoms with Gasteiger partial charge in [0.05, 0.1) is 6.61 Å². The van der Waals surface area contributed by atoms with Gasteiger partial charge in [0.2, 0.25) is 0 Å². The van der Waals surface area contributed by atoms with Crippen molar-refractivity contribution in [3.63, 3.8) is 0 Å². The van der Waals surface area contributed by atoms with Gasteiger partial charge in [0, 0.05) is 6.04 Å². The van der Waals surface area contributed by atoms with Crippen LogP contribution in [0.3, 0.4) is 0 Å². The molecule has 1 saturated carbocycles. The van der Waals surface area contributed by atoms with E-state index in [9.17, 15) is 0 Å². The number of hydrogen-bond donors (Lipinski definition) is 1. The number of nitrogens with one attached hydrogen (secondary N) is 1. The fourth-order valence-electron chi connectivity index (χ4n) is 2.58. The van der Waals surface area contributed by atoms with Crippen LogP contribution in [0.15, 0.2) is 24.3 Å². The summed E-state index contributed by atoms with van der Waals surface area (Å²) in [6.07, 6.45) is 6.24. The van der Waals surface area contributed by atoms with Crippen LogP contribution in [0.1, 0.15) is 39.0 Å². The van der Waals surface area contributed by atoms with E-state index in [0.717, 1.165) is 30.9 Å². The van der Waals surface area contributed by atoms with Crippen molar-refractivity contribution in [2.45, 2.75) is 51.2 Å². The van der Waals surface area contributed by atoms with Crippen LogP contribution in [0.5, 0.6) is 11.5 Å². The Morgan fingerprint density at radius 2 is 1.79 bits per heavy atom. The molecule has 0 aromatic heterocycles. The molecule has 2 unspecified atom stereocenters. The second kappa shape index (κ2) is 7.39. The Hall–Kier alpha value is -1.22. The van der Waals surface area contributed by atoms with Crippen LogP contribution < -0.4 is 14.8 Å². The zero-order valence-electron chi connectivity index (χ0n) is 12.0. The number of benzene rings is 1. The van der Waals surface area contributed by atoms with Gasteiger partial charge in [-0.15, -0.1) is 0 Å². The lowest BCUT2D eigenvalue weighted by Crippen LogP contribution is -2.43. The summed E-state index contributed by atoms with van der Waals surface area (Å²) in [4.78, 5) is 0. The van der Waals surface area contributed by atoms with Crippen LogP contribution in [-0.2, 0) is 0 Å². The summed E-state index contributed by atoms with van der Waals surface area (Å²) >= 11 is 0. The minimum Gasteiger partial charge on any atom is -0.494 e.